The molecule has 0 aliphatic rings. The van der Waals surface area contributed by atoms with E-state index < -0.39 is 39.3 Å². The Hall–Kier alpha value is -2.00. The number of halogens is 1. The molecule has 0 heterocycles. The van der Waals surface area contributed by atoms with Gasteiger partial charge < -0.3 is 10.4 Å². The summed E-state index contributed by atoms with van der Waals surface area (Å²) in [6.45, 7) is 5.00. The Balaban J connectivity index is 3.23. The quantitative estimate of drug-likeness (QED) is 0.768. The Labute approximate surface area is 134 Å². The molecular weight excluding hydrogens is 327 g/mol. The summed E-state index contributed by atoms with van der Waals surface area (Å²) in [5.74, 6) is -3.21. The highest BCUT2D eigenvalue weighted by molar-refractivity contribution is 7.89. The zero-order valence-corrected chi connectivity index (χ0v) is 13.9. The van der Waals surface area contributed by atoms with E-state index in [-0.39, 0.29) is 18.0 Å². The summed E-state index contributed by atoms with van der Waals surface area (Å²) in [5, 5.41) is 10.8. The summed E-state index contributed by atoms with van der Waals surface area (Å²) in [5.41, 5.74) is -0.522. The summed E-state index contributed by atoms with van der Waals surface area (Å²) in [4.78, 5) is 22.5. The normalized spacial score (nSPS) is 12.9. The van der Waals surface area contributed by atoms with Gasteiger partial charge in [0.05, 0.1) is 10.5 Å². The first-order valence-corrected chi connectivity index (χ1v) is 8.42. The van der Waals surface area contributed by atoms with Gasteiger partial charge >= 0.3 is 5.97 Å². The average molecular weight is 346 g/mol. The van der Waals surface area contributed by atoms with Crippen LogP contribution < -0.4 is 5.32 Å². The summed E-state index contributed by atoms with van der Waals surface area (Å²) in [7, 11) is -3.85. The van der Waals surface area contributed by atoms with Crippen LogP contribution in [0.25, 0.3) is 0 Å². The van der Waals surface area contributed by atoms with Crippen molar-refractivity contribution in [2.75, 3.05) is 13.1 Å². The van der Waals surface area contributed by atoms with Gasteiger partial charge in [-0.3, -0.25) is 9.59 Å². The minimum atomic E-state index is -3.85. The summed E-state index contributed by atoms with van der Waals surface area (Å²) in [6.07, 6.45) is 0. The van der Waals surface area contributed by atoms with Crippen molar-refractivity contribution in [2.24, 2.45) is 0 Å². The standard InChI is InChI=1S/C14H19FN2O5S/c1-4-17(5-2)23(21,22)10-6-7-12(15)11(8-10)13(18)16-9(3)14(19)20/h6-9H,4-5H2,1-3H3,(H,16,18)(H,19,20). The monoisotopic (exact) mass is 346 g/mol. The van der Waals surface area contributed by atoms with Gasteiger partial charge in [0.25, 0.3) is 5.91 Å². The smallest absolute Gasteiger partial charge is 0.325 e. The molecule has 0 fully saturated rings. The highest BCUT2D eigenvalue weighted by Gasteiger charge is 2.25. The molecule has 0 bridgehead atoms. The number of aliphatic carboxylic acids is 1. The third-order valence-corrected chi connectivity index (χ3v) is 5.29. The number of sulfonamides is 1. The van der Waals surface area contributed by atoms with Crippen LogP contribution in [-0.4, -0.2) is 48.8 Å². The molecule has 0 saturated heterocycles. The lowest BCUT2D eigenvalue weighted by Crippen LogP contribution is -2.38. The molecule has 9 heteroatoms. The molecule has 0 saturated carbocycles. The molecule has 2 N–H and O–H groups in total. The molecule has 0 aromatic heterocycles. The summed E-state index contributed by atoms with van der Waals surface area (Å²) in [6, 6.07) is 1.62. The van der Waals surface area contributed by atoms with Gasteiger partial charge in [0.1, 0.15) is 11.9 Å². The lowest BCUT2D eigenvalue weighted by molar-refractivity contribution is -0.138. The molecule has 1 unspecified atom stereocenters. The number of carbonyl (C=O) groups is 2. The van der Waals surface area contributed by atoms with Crippen LogP contribution in [0, 0.1) is 5.82 Å². The van der Waals surface area contributed by atoms with E-state index in [1.807, 2.05) is 0 Å². The fourth-order valence-corrected chi connectivity index (χ4v) is 3.37. The highest BCUT2D eigenvalue weighted by Crippen LogP contribution is 2.19. The van der Waals surface area contributed by atoms with Crippen LogP contribution in [0.4, 0.5) is 4.39 Å². The number of carboxylic acid groups (broad SMARTS) is 1. The number of carboxylic acids is 1. The fourth-order valence-electron chi connectivity index (χ4n) is 1.89. The number of benzene rings is 1. The zero-order valence-electron chi connectivity index (χ0n) is 13.0. The van der Waals surface area contributed by atoms with Crippen LogP contribution in [0.15, 0.2) is 23.1 Å². The molecule has 23 heavy (non-hydrogen) atoms. The number of carbonyl (C=O) groups excluding carboxylic acids is 1. The van der Waals surface area contributed by atoms with Crippen LogP contribution in [0.3, 0.4) is 0 Å². The van der Waals surface area contributed by atoms with Crippen molar-refractivity contribution in [1.82, 2.24) is 9.62 Å². The highest BCUT2D eigenvalue weighted by atomic mass is 32.2. The molecule has 1 aromatic carbocycles. The van der Waals surface area contributed by atoms with Crippen molar-refractivity contribution in [3.8, 4) is 0 Å². The Morgan fingerprint density at radius 3 is 2.35 bits per heavy atom. The molecule has 0 aliphatic heterocycles. The third kappa shape index (κ3) is 4.26. The Morgan fingerprint density at radius 1 is 1.30 bits per heavy atom. The fraction of sp³-hybridized carbons (Fsp3) is 0.429. The second-order valence-corrected chi connectivity index (χ2v) is 6.70. The second-order valence-electron chi connectivity index (χ2n) is 4.76. The molecule has 7 nitrogen and oxygen atoms in total. The van der Waals surface area contributed by atoms with Crippen molar-refractivity contribution >= 4 is 21.9 Å². The van der Waals surface area contributed by atoms with Crippen molar-refractivity contribution in [2.45, 2.75) is 31.7 Å². The van der Waals surface area contributed by atoms with Crippen LogP contribution in [0.5, 0.6) is 0 Å². The Bertz CT molecular complexity index is 701. The number of hydrogen-bond acceptors (Lipinski definition) is 4. The third-order valence-electron chi connectivity index (χ3n) is 3.24. The van der Waals surface area contributed by atoms with Gasteiger partial charge in [-0.25, -0.2) is 12.8 Å². The predicted octanol–water partition coefficient (Wildman–Crippen LogP) is 1.06. The van der Waals surface area contributed by atoms with E-state index in [0.29, 0.717) is 0 Å². The van der Waals surface area contributed by atoms with Gasteiger partial charge in [0, 0.05) is 13.1 Å². The molecule has 1 amide bonds. The maximum atomic E-state index is 13.8. The minimum absolute atomic E-state index is 0.226. The van der Waals surface area contributed by atoms with Gasteiger partial charge in [-0.2, -0.15) is 4.31 Å². The van der Waals surface area contributed by atoms with Gasteiger partial charge in [-0.1, -0.05) is 13.8 Å². The number of amides is 1. The molecule has 1 rings (SSSR count). The number of hydrogen-bond donors (Lipinski definition) is 2. The Morgan fingerprint density at radius 2 is 1.87 bits per heavy atom. The van der Waals surface area contributed by atoms with E-state index in [1.54, 1.807) is 13.8 Å². The number of nitrogens with one attached hydrogen (secondary N) is 1. The first kappa shape index (κ1) is 19.0. The number of rotatable bonds is 7. The minimum Gasteiger partial charge on any atom is -0.480 e. The molecule has 1 aromatic rings. The van der Waals surface area contributed by atoms with Crippen molar-refractivity contribution in [1.29, 1.82) is 0 Å². The van der Waals surface area contributed by atoms with E-state index >= 15 is 0 Å². The molecule has 128 valence electrons. The molecule has 0 radical (unpaired) electrons. The van der Waals surface area contributed by atoms with Crippen LogP contribution in [-0.2, 0) is 14.8 Å². The second kappa shape index (κ2) is 7.51. The molecule has 0 spiro atoms. The first-order valence-electron chi connectivity index (χ1n) is 6.98. The molecular formula is C14H19FN2O5S. The topological polar surface area (TPSA) is 104 Å². The lowest BCUT2D eigenvalue weighted by atomic mass is 10.2. The van der Waals surface area contributed by atoms with E-state index in [1.165, 1.54) is 11.2 Å². The molecule has 0 aliphatic carbocycles. The lowest BCUT2D eigenvalue weighted by Gasteiger charge is -2.19. The molecule has 1 atom stereocenters. The maximum absolute atomic E-state index is 13.8. The van der Waals surface area contributed by atoms with Gasteiger partial charge in [-0.05, 0) is 25.1 Å². The van der Waals surface area contributed by atoms with E-state index in [2.05, 4.69) is 5.32 Å². The average Bonchev–Trinajstić information content (AvgIpc) is 2.48. The largest absolute Gasteiger partial charge is 0.480 e. The van der Waals surface area contributed by atoms with Gasteiger partial charge in [0.15, 0.2) is 0 Å². The van der Waals surface area contributed by atoms with Crippen LogP contribution >= 0.6 is 0 Å². The summed E-state index contributed by atoms with van der Waals surface area (Å²) < 4.78 is 39.8. The maximum Gasteiger partial charge on any atom is 0.325 e. The van der Waals surface area contributed by atoms with Crippen molar-refractivity contribution < 1.29 is 27.5 Å². The zero-order chi connectivity index (χ0) is 17.8. The number of nitrogens with zero attached hydrogens (tertiary/aromatic N) is 1. The summed E-state index contributed by atoms with van der Waals surface area (Å²) >= 11 is 0. The predicted molar refractivity (Wildman–Crippen MR) is 81.1 cm³/mol. The van der Waals surface area contributed by atoms with Crippen molar-refractivity contribution in [3.63, 3.8) is 0 Å². The Kier molecular flexibility index (Phi) is 6.22. The van der Waals surface area contributed by atoms with Gasteiger partial charge in [-0.15, -0.1) is 0 Å². The van der Waals surface area contributed by atoms with E-state index in [9.17, 15) is 22.4 Å². The van der Waals surface area contributed by atoms with E-state index in [4.69, 9.17) is 5.11 Å². The first-order chi connectivity index (χ1) is 10.6. The SMILES string of the molecule is CCN(CC)S(=O)(=O)c1ccc(F)c(C(=O)NC(C)C(=O)O)c1. The van der Waals surface area contributed by atoms with E-state index in [0.717, 1.165) is 18.2 Å². The van der Waals surface area contributed by atoms with Gasteiger partial charge in [0.2, 0.25) is 10.0 Å². The van der Waals surface area contributed by atoms with Crippen LogP contribution in [0.1, 0.15) is 31.1 Å². The van der Waals surface area contributed by atoms with Crippen molar-refractivity contribution in [3.05, 3.63) is 29.6 Å². The van der Waals surface area contributed by atoms with Crippen LogP contribution in [0.2, 0.25) is 0 Å².